The van der Waals surface area contributed by atoms with Crippen LogP contribution in [0, 0.1) is 6.92 Å². The zero-order valence-electron chi connectivity index (χ0n) is 9.74. The van der Waals surface area contributed by atoms with Crippen molar-refractivity contribution in [2.45, 2.75) is 13.3 Å². The first-order chi connectivity index (χ1) is 8.43. The molecule has 0 aliphatic carbocycles. The molecule has 0 spiro atoms. The average molecular weight is 279 g/mol. The van der Waals surface area contributed by atoms with Crippen LogP contribution in [0.4, 0.5) is 8.78 Å². The number of amides is 1. The molecule has 0 unspecified atom stereocenters. The second kappa shape index (κ2) is 6.61. The largest absolute Gasteiger partial charge is 0.395 e. The summed E-state index contributed by atoms with van der Waals surface area (Å²) in [4.78, 5) is 16.7. The molecule has 1 heterocycles. The van der Waals surface area contributed by atoms with E-state index in [0.29, 0.717) is 5.69 Å². The van der Waals surface area contributed by atoms with Gasteiger partial charge in [0.15, 0.2) is 0 Å². The predicted molar refractivity (Wildman–Crippen MR) is 63.0 cm³/mol. The summed E-state index contributed by atoms with van der Waals surface area (Å²) in [5.41, 5.74) is 0.702. The summed E-state index contributed by atoms with van der Waals surface area (Å²) in [7, 11) is 0. The molecule has 0 aromatic carbocycles. The minimum atomic E-state index is -2.65. The minimum absolute atomic E-state index is 0.124. The van der Waals surface area contributed by atoms with Gasteiger partial charge in [0, 0.05) is 17.8 Å². The smallest absolute Gasteiger partial charge is 0.255 e. The van der Waals surface area contributed by atoms with E-state index in [2.05, 4.69) is 4.98 Å². The highest BCUT2D eigenvalue weighted by molar-refractivity contribution is 6.29. The van der Waals surface area contributed by atoms with Crippen molar-refractivity contribution in [1.82, 2.24) is 9.88 Å². The third kappa shape index (κ3) is 4.19. The Morgan fingerprint density at radius 2 is 2.22 bits per heavy atom. The lowest BCUT2D eigenvalue weighted by molar-refractivity contribution is 0.0509. The molecule has 1 N–H and O–H groups in total. The number of nitrogens with zero attached hydrogens (tertiary/aromatic N) is 2. The molecule has 0 aliphatic rings. The Labute approximate surface area is 108 Å². The Balaban J connectivity index is 2.93. The molecule has 0 radical (unpaired) electrons. The summed E-state index contributed by atoms with van der Waals surface area (Å²) < 4.78 is 24.7. The third-order valence-electron chi connectivity index (χ3n) is 2.18. The summed E-state index contributed by atoms with van der Waals surface area (Å²) in [6.07, 6.45) is -2.65. The van der Waals surface area contributed by atoms with Gasteiger partial charge in [0.05, 0.1) is 13.2 Å². The van der Waals surface area contributed by atoms with E-state index in [0.717, 1.165) is 4.90 Å². The Hall–Kier alpha value is -1.27. The Morgan fingerprint density at radius 3 is 2.72 bits per heavy atom. The predicted octanol–water partition coefficient (Wildman–Crippen LogP) is 1.74. The van der Waals surface area contributed by atoms with E-state index < -0.39 is 18.9 Å². The van der Waals surface area contributed by atoms with Gasteiger partial charge in [0.1, 0.15) is 5.15 Å². The fourth-order valence-corrected chi connectivity index (χ4v) is 1.75. The number of halogens is 3. The molecule has 1 amide bonds. The molecule has 0 atom stereocenters. The summed E-state index contributed by atoms with van der Waals surface area (Å²) in [5.74, 6) is -0.600. The number of hydrogen-bond donors (Lipinski definition) is 1. The van der Waals surface area contributed by atoms with E-state index in [1.165, 1.54) is 12.1 Å². The Bertz CT molecular complexity index is 409. The topological polar surface area (TPSA) is 53.4 Å². The SMILES string of the molecule is Cc1cc(C(=O)N(CCO)CC(F)F)cc(Cl)n1. The van der Waals surface area contributed by atoms with Crippen molar-refractivity contribution in [3.05, 3.63) is 28.5 Å². The van der Waals surface area contributed by atoms with Crippen LogP contribution in [0.1, 0.15) is 16.1 Å². The fourth-order valence-electron chi connectivity index (χ4n) is 1.50. The van der Waals surface area contributed by atoms with Crippen LogP contribution in [0.2, 0.25) is 5.15 Å². The molecule has 1 rings (SSSR count). The number of rotatable bonds is 5. The van der Waals surface area contributed by atoms with E-state index in [4.69, 9.17) is 16.7 Å². The lowest BCUT2D eigenvalue weighted by atomic mass is 10.2. The first kappa shape index (κ1) is 14.8. The summed E-state index contributed by atoms with van der Waals surface area (Å²) in [6, 6.07) is 2.77. The van der Waals surface area contributed by atoms with Gasteiger partial charge in [-0.05, 0) is 19.1 Å². The maximum absolute atomic E-state index is 12.3. The van der Waals surface area contributed by atoms with Crippen LogP contribution in [0.5, 0.6) is 0 Å². The van der Waals surface area contributed by atoms with Crippen LogP contribution in [0.25, 0.3) is 0 Å². The number of carbonyl (C=O) groups excluding carboxylic acids is 1. The molecule has 0 bridgehead atoms. The molecule has 0 saturated heterocycles. The van der Waals surface area contributed by atoms with Crippen LogP contribution in [0.3, 0.4) is 0 Å². The van der Waals surface area contributed by atoms with Crippen molar-refractivity contribution >= 4 is 17.5 Å². The molecule has 0 fully saturated rings. The van der Waals surface area contributed by atoms with Crippen LogP contribution in [-0.2, 0) is 0 Å². The first-order valence-corrected chi connectivity index (χ1v) is 5.64. The number of aliphatic hydroxyl groups is 1. The van der Waals surface area contributed by atoms with Gasteiger partial charge in [-0.3, -0.25) is 4.79 Å². The lowest BCUT2D eigenvalue weighted by Gasteiger charge is -2.21. The van der Waals surface area contributed by atoms with Crippen molar-refractivity contribution in [1.29, 1.82) is 0 Å². The molecule has 4 nitrogen and oxygen atoms in total. The second-order valence-corrected chi connectivity index (χ2v) is 4.07. The Morgan fingerprint density at radius 1 is 1.56 bits per heavy atom. The standard InChI is InChI=1S/C11H13ClF2N2O2/c1-7-4-8(5-9(12)15-7)11(18)16(2-3-17)6-10(13)14/h4-5,10,17H,2-3,6H2,1H3. The molecular formula is C11H13ClF2N2O2. The molecule has 18 heavy (non-hydrogen) atoms. The van der Waals surface area contributed by atoms with E-state index in [-0.39, 0.29) is 23.9 Å². The highest BCUT2D eigenvalue weighted by Crippen LogP contribution is 2.13. The van der Waals surface area contributed by atoms with Gasteiger partial charge in [-0.15, -0.1) is 0 Å². The molecule has 0 saturated carbocycles. The zero-order valence-corrected chi connectivity index (χ0v) is 10.5. The van der Waals surface area contributed by atoms with E-state index in [9.17, 15) is 13.6 Å². The van der Waals surface area contributed by atoms with Gasteiger partial charge in [0.2, 0.25) is 0 Å². The number of pyridine rings is 1. The van der Waals surface area contributed by atoms with Crippen LogP contribution in [-0.4, -0.2) is 47.0 Å². The lowest BCUT2D eigenvalue weighted by Crippen LogP contribution is -2.37. The summed E-state index contributed by atoms with van der Waals surface area (Å²) in [6.45, 7) is 0.392. The van der Waals surface area contributed by atoms with Crippen LogP contribution >= 0.6 is 11.6 Å². The maximum atomic E-state index is 12.3. The van der Waals surface area contributed by atoms with Gasteiger partial charge in [0.25, 0.3) is 12.3 Å². The first-order valence-electron chi connectivity index (χ1n) is 5.26. The van der Waals surface area contributed by atoms with Crippen LogP contribution in [0.15, 0.2) is 12.1 Å². The quantitative estimate of drug-likeness (QED) is 0.835. The third-order valence-corrected chi connectivity index (χ3v) is 2.38. The van der Waals surface area contributed by atoms with Gasteiger partial charge in [-0.1, -0.05) is 11.6 Å². The molecule has 100 valence electrons. The van der Waals surface area contributed by atoms with E-state index >= 15 is 0 Å². The summed E-state index contributed by atoms with van der Waals surface area (Å²) in [5, 5.41) is 8.90. The fraction of sp³-hybridized carbons (Fsp3) is 0.455. The Kier molecular flexibility index (Phi) is 5.43. The van der Waals surface area contributed by atoms with Gasteiger partial charge in [-0.2, -0.15) is 0 Å². The molecular weight excluding hydrogens is 266 g/mol. The van der Waals surface area contributed by atoms with Crippen molar-refractivity contribution in [3.8, 4) is 0 Å². The average Bonchev–Trinajstić information content (AvgIpc) is 2.25. The van der Waals surface area contributed by atoms with E-state index in [1.54, 1.807) is 6.92 Å². The minimum Gasteiger partial charge on any atom is -0.395 e. The highest BCUT2D eigenvalue weighted by Gasteiger charge is 2.20. The number of hydrogen-bond acceptors (Lipinski definition) is 3. The van der Waals surface area contributed by atoms with Crippen molar-refractivity contribution in [2.75, 3.05) is 19.7 Å². The number of aryl methyl sites for hydroxylation is 1. The van der Waals surface area contributed by atoms with Crippen molar-refractivity contribution in [3.63, 3.8) is 0 Å². The van der Waals surface area contributed by atoms with Gasteiger partial charge >= 0.3 is 0 Å². The normalized spacial score (nSPS) is 10.8. The highest BCUT2D eigenvalue weighted by atomic mass is 35.5. The molecule has 1 aromatic rings. The van der Waals surface area contributed by atoms with Crippen LogP contribution < -0.4 is 0 Å². The molecule has 7 heteroatoms. The second-order valence-electron chi connectivity index (χ2n) is 3.69. The molecule has 1 aromatic heterocycles. The van der Waals surface area contributed by atoms with Gasteiger partial charge in [-0.25, -0.2) is 13.8 Å². The monoisotopic (exact) mass is 278 g/mol. The number of alkyl halides is 2. The number of aliphatic hydroxyl groups excluding tert-OH is 1. The van der Waals surface area contributed by atoms with Crippen molar-refractivity contribution in [2.24, 2.45) is 0 Å². The maximum Gasteiger partial charge on any atom is 0.255 e. The zero-order chi connectivity index (χ0) is 13.7. The summed E-state index contributed by atoms with van der Waals surface area (Å²) >= 11 is 5.70. The van der Waals surface area contributed by atoms with E-state index in [1.807, 2.05) is 0 Å². The number of carbonyl (C=O) groups is 1. The van der Waals surface area contributed by atoms with Gasteiger partial charge < -0.3 is 10.0 Å². The molecule has 0 aliphatic heterocycles. The van der Waals surface area contributed by atoms with Crippen molar-refractivity contribution < 1.29 is 18.7 Å². The number of aromatic nitrogens is 1.